The van der Waals surface area contributed by atoms with E-state index in [0.717, 1.165) is 0 Å². The van der Waals surface area contributed by atoms with Crippen molar-refractivity contribution in [2.45, 2.75) is 12.5 Å². The number of carbonyl (C=O) groups excluding carboxylic acids is 2. The zero-order chi connectivity index (χ0) is 17.2. The largest absolute Gasteiger partial charge is 0.452 e. The van der Waals surface area contributed by atoms with Crippen LogP contribution in [0.4, 0.5) is 0 Å². The predicted molar refractivity (Wildman–Crippen MR) is 84.4 cm³/mol. The summed E-state index contributed by atoms with van der Waals surface area (Å²) in [6.45, 7) is -0.494. The van der Waals surface area contributed by atoms with Gasteiger partial charge < -0.3 is 9.64 Å². The number of nitrogens with zero attached hydrogens (tertiary/aromatic N) is 2. The summed E-state index contributed by atoms with van der Waals surface area (Å²) < 4.78 is 27.7. The first-order valence-electron chi connectivity index (χ1n) is 6.64. The minimum atomic E-state index is -3.09. The number of aromatic nitrogens is 1. The summed E-state index contributed by atoms with van der Waals surface area (Å²) in [4.78, 5) is 28.8. The van der Waals surface area contributed by atoms with E-state index in [0.29, 0.717) is 6.42 Å². The average molecular weight is 381 g/mol. The molecule has 0 bridgehead atoms. The van der Waals surface area contributed by atoms with Crippen LogP contribution in [0.5, 0.6) is 0 Å². The molecule has 0 aliphatic carbocycles. The number of pyridine rings is 1. The van der Waals surface area contributed by atoms with Crippen LogP contribution in [0.15, 0.2) is 12.3 Å². The summed E-state index contributed by atoms with van der Waals surface area (Å²) >= 11 is 11.4. The molecule has 1 fully saturated rings. The minimum Gasteiger partial charge on any atom is -0.452 e. The number of hydrogen-bond donors (Lipinski definition) is 0. The zero-order valence-corrected chi connectivity index (χ0v) is 14.5. The fourth-order valence-electron chi connectivity index (χ4n) is 2.13. The number of sulfone groups is 1. The molecule has 1 saturated heterocycles. The summed E-state index contributed by atoms with van der Waals surface area (Å²) in [5.74, 6) is -1.26. The van der Waals surface area contributed by atoms with E-state index in [1.165, 1.54) is 24.2 Å². The maximum absolute atomic E-state index is 12.0. The van der Waals surface area contributed by atoms with Crippen LogP contribution in [0.3, 0.4) is 0 Å². The lowest BCUT2D eigenvalue weighted by atomic mass is 10.2. The lowest BCUT2D eigenvalue weighted by Gasteiger charge is -2.23. The second-order valence-corrected chi connectivity index (χ2v) is 8.13. The van der Waals surface area contributed by atoms with Gasteiger partial charge >= 0.3 is 5.97 Å². The third-order valence-corrected chi connectivity index (χ3v) is 5.94. The molecular formula is C13H14Cl2N2O5S. The van der Waals surface area contributed by atoms with Crippen molar-refractivity contribution >= 4 is 44.9 Å². The van der Waals surface area contributed by atoms with Crippen LogP contribution >= 0.6 is 23.2 Å². The molecule has 0 saturated carbocycles. The molecule has 1 aliphatic heterocycles. The third kappa shape index (κ3) is 4.55. The van der Waals surface area contributed by atoms with Crippen molar-refractivity contribution in [3.8, 4) is 0 Å². The topological polar surface area (TPSA) is 93.6 Å². The number of rotatable bonds is 4. The highest BCUT2D eigenvalue weighted by atomic mass is 35.5. The first-order valence-corrected chi connectivity index (χ1v) is 9.21. The van der Waals surface area contributed by atoms with Crippen molar-refractivity contribution in [2.75, 3.05) is 25.2 Å². The van der Waals surface area contributed by atoms with Gasteiger partial charge in [0.2, 0.25) is 0 Å². The van der Waals surface area contributed by atoms with E-state index in [2.05, 4.69) is 4.98 Å². The van der Waals surface area contributed by atoms with Crippen LogP contribution in [0.1, 0.15) is 16.8 Å². The van der Waals surface area contributed by atoms with E-state index in [4.69, 9.17) is 27.9 Å². The van der Waals surface area contributed by atoms with Gasteiger partial charge in [0.25, 0.3) is 5.91 Å². The van der Waals surface area contributed by atoms with Gasteiger partial charge in [0, 0.05) is 19.3 Å². The molecule has 2 rings (SSSR count). The van der Waals surface area contributed by atoms with E-state index < -0.39 is 34.4 Å². The molecule has 2 heterocycles. The maximum atomic E-state index is 12.0. The van der Waals surface area contributed by atoms with Crippen molar-refractivity contribution in [1.29, 1.82) is 0 Å². The van der Waals surface area contributed by atoms with E-state index in [-0.39, 0.29) is 27.2 Å². The molecule has 1 aliphatic rings. The Morgan fingerprint density at radius 2 is 2.13 bits per heavy atom. The lowest BCUT2D eigenvalue weighted by molar-refractivity contribution is -0.134. The average Bonchev–Trinajstić information content (AvgIpc) is 2.86. The van der Waals surface area contributed by atoms with Crippen LogP contribution < -0.4 is 0 Å². The monoisotopic (exact) mass is 380 g/mol. The third-order valence-electron chi connectivity index (χ3n) is 3.51. The van der Waals surface area contributed by atoms with Gasteiger partial charge in [-0.1, -0.05) is 23.2 Å². The number of halogens is 2. The summed E-state index contributed by atoms with van der Waals surface area (Å²) in [6.07, 6.45) is 1.57. The van der Waals surface area contributed by atoms with Gasteiger partial charge in [0.1, 0.15) is 5.15 Å². The minimum absolute atomic E-state index is 0.0569. The molecule has 10 heteroatoms. The first-order chi connectivity index (χ1) is 10.7. The van der Waals surface area contributed by atoms with Gasteiger partial charge in [0.05, 0.1) is 22.1 Å². The summed E-state index contributed by atoms with van der Waals surface area (Å²) in [5, 5.41) is 0.155. The van der Waals surface area contributed by atoms with E-state index in [1.807, 2.05) is 0 Å². The van der Waals surface area contributed by atoms with Crippen LogP contribution in [-0.4, -0.2) is 61.4 Å². The second kappa shape index (κ2) is 7.02. The molecule has 7 nitrogen and oxygen atoms in total. The van der Waals surface area contributed by atoms with Crippen molar-refractivity contribution in [1.82, 2.24) is 9.88 Å². The number of carbonyl (C=O) groups is 2. The van der Waals surface area contributed by atoms with Crippen LogP contribution in [0.2, 0.25) is 10.2 Å². The van der Waals surface area contributed by atoms with Gasteiger partial charge in [-0.05, 0) is 12.5 Å². The molecule has 1 amide bonds. The maximum Gasteiger partial charge on any atom is 0.340 e. The van der Waals surface area contributed by atoms with E-state index in [1.54, 1.807) is 0 Å². The Morgan fingerprint density at radius 3 is 2.70 bits per heavy atom. The Hall–Kier alpha value is -1.38. The van der Waals surface area contributed by atoms with E-state index >= 15 is 0 Å². The smallest absolute Gasteiger partial charge is 0.340 e. The number of esters is 1. The Bertz CT molecular complexity index is 738. The first kappa shape index (κ1) is 18.0. The molecule has 1 aromatic heterocycles. The Balaban J connectivity index is 1.91. The van der Waals surface area contributed by atoms with Crippen molar-refractivity contribution in [3.05, 3.63) is 28.0 Å². The molecule has 0 N–H and O–H groups in total. The standard InChI is InChI=1S/C13H14Cl2N2O5S/c1-17(9-2-3-23(20,21)7-9)11(18)6-22-13(19)8-4-10(14)12(15)16-5-8/h4-5,9H,2-3,6-7H2,1H3/t9-/m1/s1. The fourth-order valence-corrected chi connectivity index (χ4v) is 4.17. The van der Waals surface area contributed by atoms with Crippen molar-refractivity contribution < 1.29 is 22.7 Å². The number of hydrogen-bond acceptors (Lipinski definition) is 6. The quantitative estimate of drug-likeness (QED) is 0.575. The molecule has 0 unspecified atom stereocenters. The normalized spacial score (nSPS) is 19.3. The van der Waals surface area contributed by atoms with Gasteiger partial charge in [-0.25, -0.2) is 18.2 Å². The summed E-state index contributed by atoms with van der Waals surface area (Å²) in [5.41, 5.74) is 0.0679. The van der Waals surface area contributed by atoms with Crippen LogP contribution in [0.25, 0.3) is 0 Å². The van der Waals surface area contributed by atoms with Crippen LogP contribution in [-0.2, 0) is 19.4 Å². The summed E-state index contributed by atoms with van der Waals surface area (Å²) in [6, 6.07) is 0.898. The highest BCUT2D eigenvalue weighted by molar-refractivity contribution is 7.91. The number of ether oxygens (including phenoxy) is 1. The van der Waals surface area contributed by atoms with E-state index in [9.17, 15) is 18.0 Å². The second-order valence-electron chi connectivity index (χ2n) is 5.13. The molecule has 126 valence electrons. The van der Waals surface area contributed by atoms with Gasteiger partial charge in [0.15, 0.2) is 16.4 Å². The highest BCUT2D eigenvalue weighted by Crippen LogP contribution is 2.20. The molecule has 0 radical (unpaired) electrons. The van der Waals surface area contributed by atoms with Crippen molar-refractivity contribution in [3.63, 3.8) is 0 Å². The SMILES string of the molecule is CN(C(=O)COC(=O)c1cnc(Cl)c(Cl)c1)[C@@H]1CCS(=O)(=O)C1. The van der Waals surface area contributed by atoms with Gasteiger partial charge in [-0.2, -0.15) is 0 Å². The fraction of sp³-hybridized carbons (Fsp3) is 0.462. The Kier molecular flexibility index (Phi) is 5.49. The number of amides is 1. The number of likely N-dealkylation sites (N-methyl/N-ethyl adjacent to an activating group) is 1. The van der Waals surface area contributed by atoms with Gasteiger partial charge in [-0.15, -0.1) is 0 Å². The van der Waals surface area contributed by atoms with Crippen LogP contribution in [0, 0.1) is 0 Å². The zero-order valence-electron chi connectivity index (χ0n) is 12.2. The molecule has 0 aromatic carbocycles. The molecule has 1 aromatic rings. The summed E-state index contributed by atoms with van der Waals surface area (Å²) in [7, 11) is -1.61. The molecule has 0 spiro atoms. The molecule has 1 atom stereocenters. The Morgan fingerprint density at radius 1 is 1.43 bits per heavy atom. The lowest BCUT2D eigenvalue weighted by Crippen LogP contribution is -2.40. The molecular weight excluding hydrogens is 367 g/mol. The predicted octanol–water partition coefficient (Wildman–Crippen LogP) is 1.19. The highest BCUT2D eigenvalue weighted by Gasteiger charge is 2.32. The Labute approximate surface area is 143 Å². The molecule has 23 heavy (non-hydrogen) atoms. The van der Waals surface area contributed by atoms with Gasteiger partial charge in [-0.3, -0.25) is 4.79 Å². The van der Waals surface area contributed by atoms with Crippen molar-refractivity contribution in [2.24, 2.45) is 0 Å².